The first kappa shape index (κ1) is 21.1. The van der Waals surface area contributed by atoms with Gasteiger partial charge in [0.25, 0.3) is 0 Å². The number of ether oxygens (including phenoxy) is 1. The normalized spacial score (nSPS) is 11.5. The van der Waals surface area contributed by atoms with Gasteiger partial charge in [-0.3, -0.25) is 9.69 Å². The molecule has 8 heteroatoms. The number of para-hydroxylation sites is 1. The van der Waals surface area contributed by atoms with E-state index in [1.165, 1.54) is 18.2 Å². The number of anilines is 1. The molecule has 0 atom stereocenters. The first-order valence-electron chi connectivity index (χ1n) is 8.28. The van der Waals surface area contributed by atoms with Crippen molar-refractivity contribution in [1.29, 1.82) is 0 Å². The van der Waals surface area contributed by atoms with Crippen molar-refractivity contribution >= 4 is 23.2 Å². The third-order valence-corrected chi connectivity index (χ3v) is 3.94. The van der Waals surface area contributed by atoms with Crippen LogP contribution in [0, 0.1) is 0 Å². The van der Waals surface area contributed by atoms with Crippen LogP contribution in [0.3, 0.4) is 0 Å². The molecule has 2 rings (SSSR count). The van der Waals surface area contributed by atoms with Gasteiger partial charge in [-0.25, -0.2) is 0 Å². The first-order valence-corrected chi connectivity index (χ1v) is 8.66. The van der Waals surface area contributed by atoms with Gasteiger partial charge in [-0.15, -0.1) is 0 Å². The summed E-state index contributed by atoms with van der Waals surface area (Å²) in [5, 5.41) is 2.95. The number of rotatable bonds is 8. The molecule has 0 aliphatic rings. The lowest BCUT2D eigenvalue weighted by Gasteiger charge is -2.18. The minimum Gasteiger partial charge on any atom is -0.494 e. The van der Waals surface area contributed by atoms with Gasteiger partial charge < -0.3 is 10.1 Å². The molecule has 2 aromatic carbocycles. The van der Waals surface area contributed by atoms with Crippen LogP contribution in [0.2, 0.25) is 5.02 Å². The van der Waals surface area contributed by atoms with E-state index in [1.54, 1.807) is 36.2 Å². The third-order valence-electron chi connectivity index (χ3n) is 3.69. The van der Waals surface area contributed by atoms with Crippen LogP contribution < -0.4 is 10.1 Å². The Morgan fingerprint density at radius 2 is 1.81 bits per heavy atom. The van der Waals surface area contributed by atoms with Gasteiger partial charge in [-0.1, -0.05) is 23.7 Å². The second-order valence-corrected chi connectivity index (χ2v) is 6.42. The van der Waals surface area contributed by atoms with Gasteiger partial charge in [0, 0.05) is 11.6 Å². The van der Waals surface area contributed by atoms with E-state index in [0.29, 0.717) is 30.3 Å². The summed E-state index contributed by atoms with van der Waals surface area (Å²) in [5.74, 6) is 0.191. The molecule has 1 amide bonds. The van der Waals surface area contributed by atoms with Gasteiger partial charge in [0.05, 0.1) is 24.4 Å². The lowest BCUT2D eigenvalue weighted by atomic mass is 10.1. The average Bonchev–Trinajstić information content (AvgIpc) is 2.59. The summed E-state index contributed by atoms with van der Waals surface area (Å²) in [6.07, 6.45) is -3.86. The highest BCUT2D eigenvalue weighted by Crippen LogP contribution is 2.34. The molecule has 0 heterocycles. The van der Waals surface area contributed by atoms with Crippen molar-refractivity contribution in [3.05, 3.63) is 59.1 Å². The number of alkyl halides is 3. The molecule has 0 aromatic heterocycles. The quantitative estimate of drug-likeness (QED) is 0.653. The second-order valence-electron chi connectivity index (χ2n) is 5.99. The molecule has 0 spiro atoms. The number of hydrogen-bond donors (Lipinski definition) is 1. The van der Waals surface area contributed by atoms with E-state index in [-0.39, 0.29) is 12.2 Å². The second kappa shape index (κ2) is 9.62. The number of hydrogen-bond acceptors (Lipinski definition) is 3. The van der Waals surface area contributed by atoms with E-state index in [9.17, 15) is 18.0 Å². The topological polar surface area (TPSA) is 41.6 Å². The van der Waals surface area contributed by atoms with Crippen LogP contribution in [0.5, 0.6) is 5.75 Å². The molecule has 27 heavy (non-hydrogen) atoms. The van der Waals surface area contributed by atoms with Gasteiger partial charge in [-0.05, 0) is 49.9 Å². The molecule has 0 fully saturated rings. The van der Waals surface area contributed by atoms with Crippen LogP contribution in [-0.4, -0.2) is 37.6 Å². The Kier molecular flexibility index (Phi) is 7.50. The highest BCUT2D eigenvalue weighted by Gasteiger charge is 2.33. The number of carbonyl (C=O) groups excluding carboxylic acids is 1. The van der Waals surface area contributed by atoms with E-state index < -0.39 is 17.6 Å². The highest BCUT2D eigenvalue weighted by molar-refractivity contribution is 6.30. The summed E-state index contributed by atoms with van der Waals surface area (Å²) in [7, 11) is 1.72. The minimum atomic E-state index is -4.52. The predicted molar refractivity (Wildman–Crippen MR) is 99.1 cm³/mol. The van der Waals surface area contributed by atoms with E-state index in [4.69, 9.17) is 16.3 Å². The molecule has 0 saturated heterocycles. The van der Waals surface area contributed by atoms with Gasteiger partial charge in [0.1, 0.15) is 5.75 Å². The number of carbonyl (C=O) groups is 1. The summed E-state index contributed by atoms with van der Waals surface area (Å²) >= 11 is 5.79. The molecule has 4 nitrogen and oxygen atoms in total. The first-order chi connectivity index (χ1) is 12.8. The number of halogens is 4. The predicted octanol–water partition coefficient (Wildman–Crippen LogP) is 4.70. The van der Waals surface area contributed by atoms with Crippen LogP contribution in [-0.2, 0) is 11.0 Å². The molecule has 0 unspecified atom stereocenters. The number of nitrogens with one attached hydrogen (secondary N) is 1. The van der Waals surface area contributed by atoms with Crippen LogP contribution >= 0.6 is 11.6 Å². The van der Waals surface area contributed by atoms with Crippen molar-refractivity contribution in [2.45, 2.75) is 12.6 Å². The van der Waals surface area contributed by atoms with Gasteiger partial charge in [-0.2, -0.15) is 13.2 Å². The number of amides is 1. The molecule has 146 valence electrons. The fourth-order valence-electron chi connectivity index (χ4n) is 2.41. The van der Waals surface area contributed by atoms with Crippen LogP contribution in [0.15, 0.2) is 48.5 Å². The van der Waals surface area contributed by atoms with Gasteiger partial charge >= 0.3 is 6.18 Å². The summed E-state index contributed by atoms with van der Waals surface area (Å²) < 4.78 is 44.4. The van der Waals surface area contributed by atoms with Crippen molar-refractivity contribution in [2.24, 2.45) is 0 Å². The zero-order valence-corrected chi connectivity index (χ0v) is 15.5. The fourth-order valence-corrected chi connectivity index (χ4v) is 2.53. The van der Waals surface area contributed by atoms with Crippen molar-refractivity contribution in [3.63, 3.8) is 0 Å². The molecule has 2 aromatic rings. The van der Waals surface area contributed by atoms with Gasteiger partial charge in [0.15, 0.2) is 0 Å². The van der Waals surface area contributed by atoms with Crippen molar-refractivity contribution in [2.75, 3.05) is 32.1 Å². The Bertz CT molecular complexity index is 751. The Hall–Kier alpha value is -2.25. The lowest BCUT2D eigenvalue weighted by Crippen LogP contribution is -2.32. The highest BCUT2D eigenvalue weighted by atomic mass is 35.5. The SMILES string of the molecule is CN(CCCOc1ccc(Cl)cc1)CC(=O)Nc1ccccc1C(F)(F)F. The number of benzene rings is 2. The maximum Gasteiger partial charge on any atom is 0.418 e. The smallest absolute Gasteiger partial charge is 0.418 e. The molecular weight excluding hydrogens is 381 g/mol. The van der Waals surface area contributed by atoms with Gasteiger partial charge in [0.2, 0.25) is 5.91 Å². The van der Waals surface area contributed by atoms with E-state index in [1.807, 2.05) is 0 Å². The zero-order chi connectivity index (χ0) is 19.9. The fraction of sp³-hybridized carbons (Fsp3) is 0.316. The van der Waals surface area contributed by atoms with E-state index in [0.717, 1.165) is 6.07 Å². The minimum absolute atomic E-state index is 0.0207. The van der Waals surface area contributed by atoms with E-state index in [2.05, 4.69) is 5.32 Å². The standard InChI is InChI=1S/C19H20ClF3N2O2/c1-25(11-4-12-27-15-9-7-14(20)8-10-15)13-18(26)24-17-6-3-2-5-16(17)19(21,22)23/h2-3,5-10H,4,11-13H2,1H3,(H,24,26). The Labute approximate surface area is 160 Å². The Morgan fingerprint density at radius 1 is 1.15 bits per heavy atom. The number of nitrogens with zero attached hydrogens (tertiary/aromatic N) is 1. The van der Waals surface area contributed by atoms with Crippen LogP contribution in [0.4, 0.5) is 18.9 Å². The zero-order valence-electron chi connectivity index (χ0n) is 14.7. The molecule has 0 aliphatic heterocycles. The molecule has 0 bridgehead atoms. The Balaban J connectivity index is 1.75. The third kappa shape index (κ3) is 7.11. The summed E-state index contributed by atoms with van der Waals surface area (Å²) in [6, 6.07) is 11.9. The molecule has 0 aliphatic carbocycles. The van der Waals surface area contributed by atoms with Crippen LogP contribution in [0.1, 0.15) is 12.0 Å². The summed E-state index contributed by atoms with van der Waals surface area (Å²) in [5.41, 5.74) is -1.10. The maximum atomic E-state index is 12.9. The molecule has 0 saturated carbocycles. The molecule has 1 N–H and O–H groups in total. The van der Waals surface area contributed by atoms with Crippen LogP contribution in [0.25, 0.3) is 0 Å². The van der Waals surface area contributed by atoms with Crippen molar-refractivity contribution in [3.8, 4) is 5.75 Å². The Morgan fingerprint density at radius 3 is 2.48 bits per heavy atom. The van der Waals surface area contributed by atoms with Crippen molar-refractivity contribution < 1.29 is 22.7 Å². The molecular formula is C19H20ClF3N2O2. The van der Waals surface area contributed by atoms with E-state index >= 15 is 0 Å². The summed E-state index contributed by atoms with van der Waals surface area (Å²) in [4.78, 5) is 13.7. The average molecular weight is 401 g/mol. The number of likely N-dealkylation sites (N-methyl/N-ethyl adjacent to an activating group) is 1. The maximum absolute atomic E-state index is 12.9. The summed E-state index contributed by atoms with van der Waals surface area (Å²) in [6.45, 7) is 0.986. The molecule has 0 radical (unpaired) electrons. The largest absolute Gasteiger partial charge is 0.494 e. The van der Waals surface area contributed by atoms with Crippen molar-refractivity contribution in [1.82, 2.24) is 4.90 Å². The lowest BCUT2D eigenvalue weighted by molar-refractivity contribution is -0.137. The monoisotopic (exact) mass is 400 g/mol.